The van der Waals surface area contributed by atoms with Gasteiger partial charge in [-0.05, 0) is 31.9 Å². The van der Waals surface area contributed by atoms with Crippen LogP contribution in [-0.2, 0) is 11.3 Å². The van der Waals surface area contributed by atoms with Crippen LogP contribution in [-0.4, -0.2) is 36.6 Å². The molecule has 0 saturated heterocycles. The molecule has 0 radical (unpaired) electrons. The van der Waals surface area contributed by atoms with Crippen molar-refractivity contribution >= 4 is 5.91 Å². The van der Waals surface area contributed by atoms with Gasteiger partial charge in [-0.3, -0.25) is 9.78 Å². The van der Waals surface area contributed by atoms with Crippen LogP contribution in [0.3, 0.4) is 0 Å². The van der Waals surface area contributed by atoms with E-state index in [0.29, 0.717) is 23.5 Å². The summed E-state index contributed by atoms with van der Waals surface area (Å²) in [6.45, 7) is 2.10. The minimum absolute atomic E-state index is 0.00883. The van der Waals surface area contributed by atoms with Gasteiger partial charge in [-0.25, -0.2) is 4.98 Å². The molecule has 8 nitrogen and oxygen atoms in total. The number of hydrogen-bond donors (Lipinski definition) is 1. The van der Waals surface area contributed by atoms with Crippen LogP contribution in [0.5, 0.6) is 0 Å². The summed E-state index contributed by atoms with van der Waals surface area (Å²) < 4.78 is 7.11. The van der Waals surface area contributed by atoms with Gasteiger partial charge in [-0.2, -0.15) is 4.98 Å². The molecule has 1 N–H and O–H groups in total. The zero-order chi connectivity index (χ0) is 17.9. The summed E-state index contributed by atoms with van der Waals surface area (Å²) >= 11 is 0. The molecule has 1 saturated carbocycles. The van der Waals surface area contributed by atoms with Crippen molar-refractivity contribution in [2.75, 3.05) is 0 Å². The molecule has 0 atom stereocenters. The summed E-state index contributed by atoms with van der Waals surface area (Å²) in [4.78, 5) is 25.1. The molecule has 1 fully saturated rings. The van der Waals surface area contributed by atoms with Gasteiger partial charge in [0.2, 0.25) is 11.7 Å². The number of rotatable bonds is 5. The van der Waals surface area contributed by atoms with Gasteiger partial charge >= 0.3 is 0 Å². The number of aromatic nitrogens is 5. The van der Waals surface area contributed by atoms with E-state index >= 15 is 0 Å². The second-order valence-electron chi connectivity index (χ2n) is 6.51. The minimum Gasteiger partial charge on any atom is -0.352 e. The van der Waals surface area contributed by atoms with E-state index in [1.807, 2.05) is 11.5 Å². The largest absolute Gasteiger partial charge is 0.352 e. The summed E-state index contributed by atoms with van der Waals surface area (Å²) in [5.41, 5.74) is 1.38. The number of imidazole rings is 1. The second kappa shape index (κ2) is 7.07. The maximum absolute atomic E-state index is 12.2. The summed E-state index contributed by atoms with van der Waals surface area (Å²) in [7, 11) is 0. The third-order valence-electron chi connectivity index (χ3n) is 4.59. The number of pyridine rings is 1. The lowest BCUT2D eigenvalue weighted by Gasteiger charge is -2.12. The minimum atomic E-state index is 0.00883. The number of nitrogens with one attached hydrogen (secondary N) is 1. The zero-order valence-corrected chi connectivity index (χ0v) is 14.6. The molecule has 0 aromatic carbocycles. The Kier molecular flexibility index (Phi) is 4.47. The first-order valence-electron chi connectivity index (χ1n) is 8.76. The zero-order valence-electron chi connectivity index (χ0n) is 14.6. The van der Waals surface area contributed by atoms with E-state index < -0.39 is 0 Å². The SMILES string of the molecule is Cc1nc(-c2noc(-c3ccncc3)n2)cn1CC(=O)NC1CCCC1. The fourth-order valence-electron chi connectivity index (χ4n) is 3.21. The van der Waals surface area contributed by atoms with Gasteiger partial charge < -0.3 is 14.4 Å². The van der Waals surface area contributed by atoms with Crippen LogP contribution in [0.1, 0.15) is 31.5 Å². The van der Waals surface area contributed by atoms with Crippen molar-refractivity contribution in [3.63, 3.8) is 0 Å². The molecule has 26 heavy (non-hydrogen) atoms. The lowest BCUT2D eigenvalue weighted by Crippen LogP contribution is -2.35. The molecule has 134 valence electrons. The van der Waals surface area contributed by atoms with Crippen molar-refractivity contribution in [2.45, 2.75) is 45.2 Å². The van der Waals surface area contributed by atoms with Gasteiger partial charge in [0.15, 0.2) is 0 Å². The molecule has 3 aromatic heterocycles. The Labute approximate surface area is 150 Å². The predicted octanol–water partition coefficient (Wildman–Crippen LogP) is 2.36. The Hall–Kier alpha value is -3.03. The van der Waals surface area contributed by atoms with Gasteiger partial charge in [0.25, 0.3) is 5.89 Å². The molecular weight excluding hydrogens is 332 g/mol. The van der Waals surface area contributed by atoms with E-state index in [9.17, 15) is 4.79 Å². The molecule has 1 amide bonds. The molecule has 0 bridgehead atoms. The maximum Gasteiger partial charge on any atom is 0.258 e. The molecule has 1 aliphatic rings. The molecule has 3 aromatic rings. The highest BCUT2D eigenvalue weighted by atomic mass is 16.5. The topological polar surface area (TPSA) is 98.7 Å². The average Bonchev–Trinajstić information content (AvgIpc) is 3.38. The van der Waals surface area contributed by atoms with Crippen molar-refractivity contribution in [1.82, 2.24) is 30.0 Å². The van der Waals surface area contributed by atoms with Gasteiger partial charge in [-0.1, -0.05) is 18.0 Å². The number of carbonyl (C=O) groups excluding carboxylic acids is 1. The molecule has 0 unspecified atom stereocenters. The Morgan fingerprint density at radius 2 is 2.04 bits per heavy atom. The summed E-state index contributed by atoms with van der Waals surface area (Å²) in [6.07, 6.45) is 9.64. The fourth-order valence-corrected chi connectivity index (χ4v) is 3.21. The Balaban J connectivity index is 1.48. The quantitative estimate of drug-likeness (QED) is 0.757. The van der Waals surface area contributed by atoms with Gasteiger partial charge in [0.05, 0.1) is 0 Å². The summed E-state index contributed by atoms with van der Waals surface area (Å²) in [5.74, 6) is 1.55. The van der Waals surface area contributed by atoms with Crippen LogP contribution < -0.4 is 5.32 Å². The lowest BCUT2D eigenvalue weighted by molar-refractivity contribution is -0.122. The average molecular weight is 352 g/mol. The highest BCUT2D eigenvalue weighted by Gasteiger charge is 2.19. The standard InChI is InChI=1S/C18H20N6O2/c1-12-20-15(10-24(12)11-16(25)21-14-4-2-3-5-14)17-22-18(26-23-17)13-6-8-19-9-7-13/h6-10,14H,2-5,11H2,1H3,(H,21,25). The number of aryl methyl sites for hydroxylation is 1. The van der Waals surface area contributed by atoms with Gasteiger partial charge in [-0.15, -0.1) is 0 Å². The molecule has 0 aliphatic heterocycles. The van der Waals surface area contributed by atoms with E-state index in [0.717, 1.165) is 24.2 Å². The molecular formula is C18H20N6O2. The van der Waals surface area contributed by atoms with Gasteiger partial charge in [0, 0.05) is 30.2 Å². The van der Waals surface area contributed by atoms with Gasteiger partial charge in [0.1, 0.15) is 18.1 Å². The normalized spacial score (nSPS) is 14.7. The van der Waals surface area contributed by atoms with E-state index in [4.69, 9.17) is 4.52 Å². The van der Waals surface area contributed by atoms with E-state index in [1.54, 1.807) is 30.7 Å². The number of amides is 1. The first kappa shape index (κ1) is 16.4. The molecule has 0 spiro atoms. The van der Waals surface area contributed by atoms with Crippen molar-refractivity contribution < 1.29 is 9.32 Å². The monoisotopic (exact) mass is 352 g/mol. The Morgan fingerprint density at radius 3 is 2.81 bits per heavy atom. The lowest BCUT2D eigenvalue weighted by atomic mass is 10.2. The predicted molar refractivity (Wildman–Crippen MR) is 93.9 cm³/mol. The highest BCUT2D eigenvalue weighted by Crippen LogP contribution is 2.21. The highest BCUT2D eigenvalue weighted by molar-refractivity contribution is 5.76. The molecule has 8 heteroatoms. The number of nitrogens with zero attached hydrogens (tertiary/aromatic N) is 5. The van der Waals surface area contributed by atoms with Crippen molar-refractivity contribution in [2.24, 2.45) is 0 Å². The fraction of sp³-hybridized carbons (Fsp3) is 0.389. The molecule has 3 heterocycles. The van der Waals surface area contributed by atoms with Crippen LogP contribution >= 0.6 is 0 Å². The third kappa shape index (κ3) is 3.49. The molecule has 1 aliphatic carbocycles. The molecule has 4 rings (SSSR count). The van der Waals surface area contributed by atoms with E-state index in [1.165, 1.54) is 12.8 Å². The van der Waals surface area contributed by atoms with E-state index in [-0.39, 0.29) is 12.5 Å². The summed E-state index contributed by atoms with van der Waals surface area (Å²) in [6, 6.07) is 3.91. The van der Waals surface area contributed by atoms with Crippen molar-refractivity contribution in [3.05, 3.63) is 36.5 Å². The van der Waals surface area contributed by atoms with Crippen LogP contribution in [0, 0.1) is 6.92 Å². The van der Waals surface area contributed by atoms with Crippen LogP contribution in [0.15, 0.2) is 35.2 Å². The second-order valence-corrected chi connectivity index (χ2v) is 6.51. The van der Waals surface area contributed by atoms with Crippen LogP contribution in [0.25, 0.3) is 23.0 Å². The van der Waals surface area contributed by atoms with Crippen molar-refractivity contribution in [3.8, 4) is 23.0 Å². The van der Waals surface area contributed by atoms with E-state index in [2.05, 4.69) is 25.4 Å². The number of hydrogen-bond acceptors (Lipinski definition) is 6. The first-order chi connectivity index (χ1) is 12.7. The Morgan fingerprint density at radius 1 is 1.27 bits per heavy atom. The first-order valence-corrected chi connectivity index (χ1v) is 8.76. The summed E-state index contributed by atoms with van der Waals surface area (Å²) in [5, 5.41) is 7.08. The number of carbonyl (C=O) groups is 1. The van der Waals surface area contributed by atoms with Crippen molar-refractivity contribution in [1.29, 1.82) is 0 Å². The maximum atomic E-state index is 12.2. The third-order valence-corrected chi connectivity index (χ3v) is 4.59. The Bertz CT molecular complexity index is 896. The smallest absolute Gasteiger partial charge is 0.258 e. The van der Waals surface area contributed by atoms with Crippen LogP contribution in [0.2, 0.25) is 0 Å². The van der Waals surface area contributed by atoms with Crippen LogP contribution in [0.4, 0.5) is 0 Å².